The van der Waals surface area contributed by atoms with Gasteiger partial charge in [-0.3, -0.25) is 4.79 Å². The molecule has 1 amide bonds. The van der Waals surface area contributed by atoms with E-state index in [2.05, 4.69) is 15.3 Å². The number of hydrogen-bond donors (Lipinski definition) is 2. The van der Waals surface area contributed by atoms with E-state index in [0.29, 0.717) is 11.5 Å². The molecular weight excluding hydrogens is 306 g/mol. The summed E-state index contributed by atoms with van der Waals surface area (Å²) in [6.07, 6.45) is 0. The second kappa shape index (κ2) is 6.87. The third-order valence-electron chi connectivity index (χ3n) is 3.58. The van der Waals surface area contributed by atoms with Gasteiger partial charge in [-0.15, -0.1) is 11.8 Å². The van der Waals surface area contributed by atoms with Gasteiger partial charge in [-0.25, -0.2) is 4.98 Å². The second-order valence-corrected chi connectivity index (χ2v) is 6.55. The van der Waals surface area contributed by atoms with Gasteiger partial charge in [0.2, 0.25) is 5.91 Å². The van der Waals surface area contributed by atoms with E-state index >= 15 is 0 Å². The average Bonchev–Trinajstić information content (AvgIpc) is 2.93. The normalized spacial score (nSPS) is 10.9. The van der Waals surface area contributed by atoms with Crippen molar-refractivity contribution in [3.05, 3.63) is 59.4 Å². The summed E-state index contributed by atoms with van der Waals surface area (Å²) in [6.45, 7) is 4.02. The summed E-state index contributed by atoms with van der Waals surface area (Å²) in [5, 5.41) is 2.97. The molecule has 0 aliphatic rings. The van der Waals surface area contributed by atoms with E-state index in [0.717, 1.165) is 33.7 Å². The molecule has 0 saturated heterocycles. The molecule has 0 atom stereocenters. The van der Waals surface area contributed by atoms with Crippen LogP contribution in [-0.2, 0) is 10.5 Å². The van der Waals surface area contributed by atoms with E-state index in [1.165, 1.54) is 0 Å². The second-order valence-electron chi connectivity index (χ2n) is 5.56. The van der Waals surface area contributed by atoms with Crippen molar-refractivity contribution in [3.8, 4) is 0 Å². The quantitative estimate of drug-likeness (QED) is 0.744. The molecule has 0 bridgehead atoms. The Bertz CT molecular complexity index is 808. The van der Waals surface area contributed by atoms with Crippen molar-refractivity contribution < 1.29 is 4.79 Å². The van der Waals surface area contributed by atoms with Crippen molar-refractivity contribution in [2.75, 3.05) is 11.1 Å². The van der Waals surface area contributed by atoms with Gasteiger partial charge in [0.15, 0.2) is 0 Å². The highest BCUT2D eigenvalue weighted by Crippen LogP contribution is 2.18. The van der Waals surface area contributed by atoms with Crippen molar-refractivity contribution in [2.24, 2.45) is 0 Å². The summed E-state index contributed by atoms with van der Waals surface area (Å²) >= 11 is 1.55. The van der Waals surface area contributed by atoms with E-state index in [1.807, 2.05) is 56.3 Å². The molecule has 2 aromatic carbocycles. The summed E-state index contributed by atoms with van der Waals surface area (Å²) in [5.41, 5.74) is 5.09. The van der Waals surface area contributed by atoms with Gasteiger partial charge in [0.25, 0.3) is 0 Å². The van der Waals surface area contributed by atoms with E-state index in [9.17, 15) is 4.79 Å². The van der Waals surface area contributed by atoms with Crippen LogP contribution in [0.5, 0.6) is 0 Å². The van der Waals surface area contributed by atoms with Crippen LogP contribution in [0.3, 0.4) is 0 Å². The lowest BCUT2D eigenvalue weighted by atomic mass is 10.1. The highest BCUT2D eigenvalue weighted by atomic mass is 32.2. The number of amides is 1. The number of para-hydroxylation sites is 2. The summed E-state index contributed by atoms with van der Waals surface area (Å²) in [7, 11) is 0. The van der Waals surface area contributed by atoms with Crippen molar-refractivity contribution in [3.63, 3.8) is 0 Å². The predicted octanol–water partition coefficient (Wildman–Crippen LogP) is 4.05. The topological polar surface area (TPSA) is 57.8 Å². The van der Waals surface area contributed by atoms with Crippen LogP contribution in [0, 0.1) is 13.8 Å². The number of fused-ring (bicyclic) bond motifs is 1. The minimum atomic E-state index is 0.0137. The van der Waals surface area contributed by atoms with Crippen LogP contribution < -0.4 is 5.32 Å². The SMILES string of the molecule is Cc1ccc(C)c(NC(=O)CSCc2nc3ccccc3[nH]2)c1. The van der Waals surface area contributed by atoms with Gasteiger partial charge >= 0.3 is 0 Å². The molecule has 0 aliphatic heterocycles. The molecule has 2 N–H and O–H groups in total. The Morgan fingerprint density at radius 3 is 2.87 bits per heavy atom. The number of carbonyl (C=O) groups excluding carboxylic acids is 1. The lowest BCUT2D eigenvalue weighted by Gasteiger charge is -2.09. The Kier molecular flexibility index (Phi) is 4.67. The van der Waals surface area contributed by atoms with Crippen LogP contribution in [0.4, 0.5) is 5.69 Å². The molecule has 0 saturated carbocycles. The van der Waals surface area contributed by atoms with Gasteiger partial charge in [0, 0.05) is 5.69 Å². The lowest BCUT2D eigenvalue weighted by Crippen LogP contribution is -2.15. The number of thioether (sulfide) groups is 1. The first-order valence-corrected chi connectivity index (χ1v) is 8.66. The summed E-state index contributed by atoms with van der Waals surface area (Å²) in [6, 6.07) is 14.0. The molecule has 4 nitrogen and oxygen atoms in total. The van der Waals surface area contributed by atoms with Gasteiger partial charge in [0.1, 0.15) is 5.82 Å². The zero-order valence-corrected chi connectivity index (χ0v) is 14.0. The minimum Gasteiger partial charge on any atom is -0.341 e. The number of aromatic amines is 1. The van der Waals surface area contributed by atoms with Crippen molar-refractivity contribution in [1.29, 1.82) is 0 Å². The van der Waals surface area contributed by atoms with Crippen molar-refractivity contribution in [1.82, 2.24) is 9.97 Å². The van der Waals surface area contributed by atoms with Crippen LogP contribution in [0.2, 0.25) is 0 Å². The van der Waals surface area contributed by atoms with Crippen LogP contribution in [0.1, 0.15) is 17.0 Å². The molecule has 1 heterocycles. The highest BCUT2D eigenvalue weighted by molar-refractivity contribution is 7.99. The number of aryl methyl sites for hydroxylation is 2. The lowest BCUT2D eigenvalue weighted by molar-refractivity contribution is -0.113. The Morgan fingerprint density at radius 1 is 1.22 bits per heavy atom. The summed E-state index contributed by atoms with van der Waals surface area (Å²) in [4.78, 5) is 19.9. The van der Waals surface area contributed by atoms with Gasteiger partial charge in [0.05, 0.1) is 22.5 Å². The molecule has 1 aromatic heterocycles. The molecule has 23 heavy (non-hydrogen) atoms. The largest absolute Gasteiger partial charge is 0.341 e. The Balaban J connectivity index is 1.53. The highest BCUT2D eigenvalue weighted by Gasteiger charge is 2.07. The summed E-state index contributed by atoms with van der Waals surface area (Å²) < 4.78 is 0. The van der Waals surface area contributed by atoms with Crippen molar-refractivity contribution >= 4 is 34.4 Å². The fraction of sp³-hybridized carbons (Fsp3) is 0.222. The third kappa shape index (κ3) is 3.93. The number of rotatable bonds is 5. The fourth-order valence-electron chi connectivity index (χ4n) is 2.37. The van der Waals surface area contributed by atoms with Crippen LogP contribution in [0.25, 0.3) is 11.0 Å². The predicted molar refractivity (Wildman–Crippen MR) is 96.8 cm³/mol. The Hall–Kier alpha value is -2.27. The third-order valence-corrected chi connectivity index (χ3v) is 4.52. The number of imidazole rings is 1. The van der Waals surface area contributed by atoms with E-state index in [-0.39, 0.29) is 5.91 Å². The van der Waals surface area contributed by atoms with E-state index in [1.54, 1.807) is 11.8 Å². The molecule has 0 fully saturated rings. The molecule has 0 aliphatic carbocycles. The maximum Gasteiger partial charge on any atom is 0.234 e. The number of hydrogen-bond acceptors (Lipinski definition) is 3. The van der Waals surface area contributed by atoms with Gasteiger partial charge in [-0.1, -0.05) is 24.3 Å². The Labute approximate surface area is 139 Å². The number of nitrogens with zero attached hydrogens (tertiary/aromatic N) is 1. The first-order valence-electron chi connectivity index (χ1n) is 7.50. The number of nitrogens with one attached hydrogen (secondary N) is 2. The van der Waals surface area contributed by atoms with E-state index < -0.39 is 0 Å². The maximum absolute atomic E-state index is 12.1. The molecule has 0 spiro atoms. The molecule has 0 unspecified atom stereocenters. The number of carbonyl (C=O) groups is 1. The van der Waals surface area contributed by atoms with Crippen LogP contribution >= 0.6 is 11.8 Å². The average molecular weight is 325 g/mol. The molecule has 3 rings (SSSR count). The molecule has 5 heteroatoms. The molecule has 3 aromatic rings. The van der Waals surface area contributed by atoms with Gasteiger partial charge in [-0.2, -0.15) is 0 Å². The minimum absolute atomic E-state index is 0.0137. The molecule has 118 valence electrons. The first-order chi connectivity index (χ1) is 11.1. The zero-order chi connectivity index (χ0) is 16.2. The monoisotopic (exact) mass is 325 g/mol. The number of benzene rings is 2. The number of anilines is 1. The van der Waals surface area contributed by atoms with Gasteiger partial charge in [-0.05, 0) is 43.2 Å². The van der Waals surface area contributed by atoms with Crippen LogP contribution in [0.15, 0.2) is 42.5 Å². The first kappa shape index (κ1) is 15.6. The summed E-state index contributed by atoms with van der Waals surface area (Å²) in [5.74, 6) is 2.01. The van der Waals surface area contributed by atoms with Crippen molar-refractivity contribution in [2.45, 2.75) is 19.6 Å². The van der Waals surface area contributed by atoms with Crippen LogP contribution in [-0.4, -0.2) is 21.6 Å². The molecule has 0 radical (unpaired) electrons. The Morgan fingerprint density at radius 2 is 2.04 bits per heavy atom. The maximum atomic E-state index is 12.1. The fourth-order valence-corrected chi connectivity index (χ4v) is 3.06. The molecular formula is C18H19N3OS. The standard InChI is InChI=1S/C18H19N3OS/c1-12-7-8-13(2)16(9-12)21-18(22)11-23-10-17-19-14-5-3-4-6-15(14)20-17/h3-9H,10-11H2,1-2H3,(H,19,20)(H,21,22). The number of aromatic nitrogens is 2. The van der Waals surface area contributed by atoms with Gasteiger partial charge < -0.3 is 10.3 Å². The number of H-pyrrole nitrogens is 1. The smallest absolute Gasteiger partial charge is 0.234 e. The van der Waals surface area contributed by atoms with E-state index in [4.69, 9.17) is 0 Å². The zero-order valence-electron chi connectivity index (χ0n) is 13.2.